The van der Waals surface area contributed by atoms with Crippen molar-refractivity contribution in [2.24, 2.45) is 0 Å². The van der Waals surface area contributed by atoms with E-state index in [9.17, 15) is 9.18 Å². The van der Waals surface area contributed by atoms with E-state index in [0.29, 0.717) is 9.63 Å². The van der Waals surface area contributed by atoms with E-state index in [4.69, 9.17) is 5.11 Å². The number of benzene rings is 1. The molecule has 0 aliphatic heterocycles. The minimum atomic E-state index is -1.17. The zero-order chi connectivity index (χ0) is 13.3. The predicted molar refractivity (Wildman–Crippen MR) is 70.4 cm³/mol. The molecule has 0 bridgehead atoms. The van der Waals surface area contributed by atoms with Crippen molar-refractivity contribution in [2.45, 2.75) is 5.16 Å². The Bertz CT molecular complexity index is 615. The molecule has 7 heteroatoms. The highest BCUT2D eigenvalue weighted by Crippen LogP contribution is 2.29. The number of carboxylic acid groups (broad SMARTS) is 1. The molecule has 0 aliphatic rings. The van der Waals surface area contributed by atoms with Gasteiger partial charge < -0.3 is 10.1 Å². The molecule has 1 aromatic heterocycles. The Kier molecular flexibility index (Phi) is 3.72. The minimum Gasteiger partial charge on any atom is -0.477 e. The van der Waals surface area contributed by atoms with E-state index >= 15 is 0 Å². The predicted octanol–water partition coefficient (Wildman–Crippen LogP) is 3.40. The van der Waals surface area contributed by atoms with Gasteiger partial charge in [-0.3, -0.25) is 0 Å². The summed E-state index contributed by atoms with van der Waals surface area (Å²) in [6.45, 7) is 0. The molecular weight excluding hydrogens is 323 g/mol. The second kappa shape index (κ2) is 5.11. The molecule has 4 nitrogen and oxygen atoms in total. The van der Waals surface area contributed by atoms with Crippen molar-refractivity contribution < 1.29 is 14.3 Å². The lowest BCUT2D eigenvalue weighted by molar-refractivity contribution is 0.0691. The lowest BCUT2D eigenvalue weighted by Gasteiger charge is -2.01. The van der Waals surface area contributed by atoms with Crippen LogP contribution >= 0.6 is 27.7 Å². The van der Waals surface area contributed by atoms with E-state index in [1.165, 1.54) is 23.9 Å². The van der Waals surface area contributed by atoms with Gasteiger partial charge in [0.1, 0.15) is 11.5 Å². The zero-order valence-corrected chi connectivity index (χ0v) is 11.6. The Balaban J connectivity index is 2.65. The lowest BCUT2D eigenvalue weighted by Crippen LogP contribution is -2.00. The summed E-state index contributed by atoms with van der Waals surface area (Å²) in [6.07, 6.45) is 1.76. The number of carbonyl (C=O) groups is 1. The Morgan fingerprint density at radius 3 is 2.89 bits per heavy atom. The van der Waals surface area contributed by atoms with Gasteiger partial charge >= 0.3 is 5.97 Å². The van der Waals surface area contributed by atoms with Gasteiger partial charge in [0.15, 0.2) is 10.9 Å². The van der Waals surface area contributed by atoms with Gasteiger partial charge in [-0.05, 0) is 24.5 Å². The summed E-state index contributed by atoms with van der Waals surface area (Å²) in [6, 6.07) is 4.31. The van der Waals surface area contributed by atoms with E-state index in [0.717, 1.165) is 0 Å². The number of halogens is 2. The molecule has 0 amide bonds. The second-order valence-corrected chi connectivity index (χ2v) is 5.11. The third-order valence-corrected chi connectivity index (χ3v) is 3.35. The van der Waals surface area contributed by atoms with Gasteiger partial charge in [0.05, 0.1) is 0 Å². The number of aromatic carboxylic acids is 1. The molecule has 0 saturated carbocycles. The van der Waals surface area contributed by atoms with Crippen LogP contribution in [0.1, 0.15) is 10.5 Å². The summed E-state index contributed by atoms with van der Waals surface area (Å²) in [5.74, 6) is -1.68. The minimum absolute atomic E-state index is 0.102. The smallest absolute Gasteiger partial charge is 0.354 e. The summed E-state index contributed by atoms with van der Waals surface area (Å²) in [4.78, 5) is 17.8. The van der Waals surface area contributed by atoms with Gasteiger partial charge in [-0.25, -0.2) is 14.2 Å². The number of hydrogen-bond acceptors (Lipinski definition) is 3. The van der Waals surface area contributed by atoms with Crippen molar-refractivity contribution in [2.75, 3.05) is 6.26 Å². The van der Waals surface area contributed by atoms with Crippen LogP contribution in [0.25, 0.3) is 11.3 Å². The fourth-order valence-electron chi connectivity index (χ4n) is 1.48. The molecule has 0 atom stereocenters. The standard InChI is InChI=1S/C11H8BrFN2O2S/c1-18-11-14-8(9(15-11)10(16)17)6-4-5(12)2-3-7(6)13/h2-4H,1H3,(H,14,15)(H,16,17). The molecule has 18 heavy (non-hydrogen) atoms. The van der Waals surface area contributed by atoms with Crippen LogP contribution in [0.4, 0.5) is 4.39 Å². The molecule has 94 valence electrons. The highest BCUT2D eigenvalue weighted by Gasteiger charge is 2.20. The summed E-state index contributed by atoms with van der Waals surface area (Å²) in [5, 5.41) is 9.51. The molecule has 1 aromatic carbocycles. The van der Waals surface area contributed by atoms with Crippen molar-refractivity contribution in [1.29, 1.82) is 0 Å². The van der Waals surface area contributed by atoms with Gasteiger partial charge in [-0.1, -0.05) is 27.7 Å². The number of aromatic amines is 1. The highest BCUT2D eigenvalue weighted by molar-refractivity contribution is 9.10. The summed E-state index contributed by atoms with van der Waals surface area (Å²) in [7, 11) is 0. The van der Waals surface area contributed by atoms with Gasteiger partial charge in [-0.15, -0.1) is 0 Å². The number of nitrogens with one attached hydrogen (secondary N) is 1. The average Bonchev–Trinajstić information content (AvgIpc) is 2.76. The van der Waals surface area contributed by atoms with Crippen LogP contribution in [-0.2, 0) is 0 Å². The van der Waals surface area contributed by atoms with Gasteiger partial charge in [0, 0.05) is 10.0 Å². The molecule has 2 rings (SSSR count). The van der Waals surface area contributed by atoms with Crippen LogP contribution in [0.15, 0.2) is 27.8 Å². The van der Waals surface area contributed by atoms with Crippen molar-refractivity contribution in [1.82, 2.24) is 9.97 Å². The first-order chi connectivity index (χ1) is 8.52. The number of imidazole rings is 1. The van der Waals surface area contributed by atoms with Gasteiger partial charge in [-0.2, -0.15) is 0 Å². The van der Waals surface area contributed by atoms with Crippen molar-refractivity contribution in [3.05, 3.63) is 34.2 Å². The Hall–Kier alpha value is -1.34. The first kappa shape index (κ1) is 13.1. The van der Waals surface area contributed by atoms with Crippen molar-refractivity contribution in [3.63, 3.8) is 0 Å². The topological polar surface area (TPSA) is 66.0 Å². The number of thioether (sulfide) groups is 1. The lowest BCUT2D eigenvalue weighted by atomic mass is 10.1. The third kappa shape index (κ3) is 2.41. The van der Waals surface area contributed by atoms with Crippen LogP contribution in [0.3, 0.4) is 0 Å². The molecule has 2 aromatic rings. The SMILES string of the molecule is CSc1nc(-c2cc(Br)ccc2F)c(C(=O)O)[nH]1. The first-order valence-electron chi connectivity index (χ1n) is 4.85. The van der Waals surface area contributed by atoms with Crippen molar-refractivity contribution in [3.8, 4) is 11.3 Å². The van der Waals surface area contributed by atoms with E-state index in [2.05, 4.69) is 25.9 Å². The molecule has 0 aliphatic carbocycles. The van der Waals surface area contributed by atoms with Crippen LogP contribution in [-0.4, -0.2) is 27.3 Å². The fraction of sp³-hybridized carbons (Fsp3) is 0.0909. The second-order valence-electron chi connectivity index (χ2n) is 3.40. The largest absolute Gasteiger partial charge is 0.477 e. The maximum atomic E-state index is 13.7. The van der Waals surface area contributed by atoms with Crippen LogP contribution in [0.5, 0.6) is 0 Å². The number of aromatic nitrogens is 2. The Labute approximate surface area is 115 Å². The molecular formula is C11H8BrFN2O2S. The Morgan fingerprint density at radius 2 is 2.28 bits per heavy atom. The number of H-pyrrole nitrogens is 1. The molecule has 0 spiro atoms. The monoisotopic (exact) mass is 330 g/mol. The summed E-state index contributed by atoms with van der Waals surface area (Å²) < 4.78 is 14.4. The quantitative estimate of drug-likeness (QED) is 0.846. The van der Waals surface area contributed by atoms with Crippen molar-refractivity contribution >= 4 is 33.7 Å². The Morgan fingerprint density at radius 1 is 1.56 bits per heavy atom. The summed E-state index contributed by atoms with van der Waals surface area (Å²) in [5.41, 5.74) is 0.139. The van der Waals surface area contributed by atoms with Gasteiger partial charge in [0.2, 0.25) is 0 Å². The average molecular weight is 331 g/mol. The highest BCUT2D eigenvalue weighted by atomic mass is 79.9. The van der Waals surface area contributed by atoms with E-state index in [1.807, 2.05) is 0 Å². The first-order valence-corrected chi connectivity index (χ1v) is 6.87. The number of nitrogens with zero attached hydrogens (tertiary/aromatic N) is 1. The van der Waals surface area contributed by atoms with E-state index in [1.54, 1.807) is 12.3 Å². The molecule has 0 unspecified atom stereocenters. The van der Waals surface area contributed by atoms with Gasteiger partial charge in [0.25, 0.3) is 0 Å². The number of carboxylic acids is 1. The summed E-state index contributed by atoms with van der Waals surface area (Å²) >= 11 is 4.48. The van der Waals surface area contributed by atoms with E-state index in [-0.39, 0.29) is 17.0 Å². The van der Waals surface area contributed by atoms with Crippen LogP contribution in [0.2, 0.25) is 0 Å². The fourth-order valence-corrected chi connectivity index (χ4v) is 2.22. The zero-order valence-electron chi connectivity index (χ0n) is 9.20. The maximum Gasteiger partial charge on any atom is 0.354 e. The van der Waals surface area contributed by atoms with Crippen LogP contribution < -0.4 is 0 Å². The number of rotatable bonds is 3. The normalized spacial score (nSPS) is 10.6. The molecule has 0 radical (unpaired) electrons. The number of hydrogen-bond donors (Lipinski definition) is 2. The molecule has 0 fully saturated rings. The third-order valence-electron chi connectivity index (χ3n) is 2.27. The maximum absolute atomic E-state index is 13.7. The van der Waals surface area contributed by atoms with E-state index < -0.39 is 11.8 Å². The van der Waals surface area contributed by atoms with Crippen LogP contribution in [0, 0.1) is 5.82 Å². The molecule has 2 N–H and O–H groups in total. The molecule has 0 saturated heterocycles. The molecule has 1 heterocycles.